The molecule has 0 spiro atoms. The van der Waals surface area contributed by atoms with Gasteiger partial charge in [-0.25, -0.2) is 0 Å². The average molecular weight is 340 g/mol. The molecule has 0 bridgehead atoms. The van der Waals surface area contributed by atoms with Crippen molar-refractivity contribution in [2.75, 3.05) is 0 Å². The number of halogens is 3. The van der Waals surface area contributed by atoms with Crippen molar-refractivity contribution in [3.8, 4) is 0 Å². The Morgan fingerprint density at radius 2 is 1.84 bits per heavy atom. The van der Waals surface area contributed by atoms with Gasteiger partial charge in [-0.15, -0.1) is 11.3 Å². The van der Waals surface area contributed by atoms with Crippen LogP contribution in [0.3, 0.4) is 0 Å². The van der Waals surface area contributed by atoms with Crippen LogP contribution in [0.4, 0.5) is 0 Å². The highest BCUT2D eigenvalue weighted by Gasteiger charge is 2.33. The standard InChI is InChI=1S/C13H13Cl3O2S/c1-6-9(14)11(15)18-8-5-13(2,3)4-7(17)10(8)19-12(6)16/h4-5H2,1-3H3. The van der Waals surface area contributed by atoms with E-state index in [1.165, 1.54) is 11.3 Å². The Labute approximate surface area is 131 Å². The fourth-order valence-corrected chi connectivity index (χ4v) is 3.64. The fourth-order valence-electron chi connectivity index (χ4n) is 2.00. The molecule has 0 N–H and O–H groups in total. The Hall–Kier alpha value is -0.220. The van der Waals surface area contributed by atoms with Crippen molar-refractivity contribution >= 4 is 51.9 Å². The lowest BCUT2D eigenvalue weighted by atomic mass is 9.78. The second kappa shape index (κ2) is 5.28. The van der Waals surface area contributed by atoms with Crippen molar-refractivity contribution in [2.45, 2.75) is 33.6 Å². The molecule has 0 saturated heterocycles. The molecule has 1 aliphatic rings. The Kier molecular flexibility index (Phi) is 4.22. The molecule has 0 amide bonds. The Bertz CT molecular complexity index is 598. The molecule has 1 heterocycles. The quantitative estimate of drug-likeness (QED) is 0.590. The summed E-state index contributed by atoms with van der Waals surface area (Å²) in [5, 5.41) is 0.345. The summed E-state index contributed by atoms with van der Waals surface area (Å²) in [5.41, 5.74) is 0.465. The highest BCUT2D eigenvalue weighted by molar-refractivity contribution is 7.17. The van der Waals surface area contributed by atoms with Crippen LogP contribution in [-0.4, -0.2) is 5.78 Å². The van der Waals surface area contributed by atoms with E-state index in [9.17, 15) is 4.79 Å². The van der Waals surface area contributed by atoms with Gasteiger partial charge in [0.1, 0.15) is 15.7 Å². The first-order valence-corrected chi connectivity index (χ1v) is 7.70. The van der Waals surface area contributed by atoms with Crippen LogP contribution in [0, 0.1) is 12.3 Å². The van der Waals surface area contributed by atoms with Crippen molar-refractivity contribution in [2.24, 2.45) is 5.41 Å². The molecule has 2 nitrogen and oxygen atoms in total. The Balaban J connectivity index is 2.79. The van der Waals surface area contributed by atoms with Crippen molar-refractivity contribution in [3.05, 3.63) is 30.8 Å². The van der Waals surface area contributed by atoms with E-state index in [2.05, 4.69) is 0 Å². The summed E-state index contributed by atoms with van der Waals surface area (Å²) < 4.78 is 6.04. The normalized spacial score (nSPS) is 17.1. The smallest absolute Gasteiger partial charge is 0.212 e. The van der Waals surface area contributed by atoms with Gasteiger partial charge in [-0.2, -0.15) is 0 Å². The lowest BCUT2D eigenvalue weighted by Crippen LogP contribution is -2.26. The van der Waals surface area contributed by atoms with Gasteiger partial charge in [0.15, 0.2) is 5.78 Å². The number of ketones is 1. The predicted octanol–water partition coefficient (Wildman–Crippen LogP) is 5.89. The van der Waals surface area contributed by atoms with Crippen molar-refractivity contribution in [3.63, 3.8) is 0 Å². The van der Waals surface area contributed by atoms with Crippen LogP contribution in [-0.2, 0) is 6.42 Å². The number of fused-ring (bicyclic) bond motifs is 1. The van der Waals surface area contributed by atoms with Gasteiger partial charge in [-0.05, 0) is 23.9 Å². The molecular weight excluding hydrogens is 327 g/mol. The summed E-state index contributed by atoms with van der Waals surface area (Å²) in [7, 11) is 0. The molecule has 0 radical (unpaired) electrons. The third-order valence-corrected chi connectivity index (χ3v) is 5.46. The topological polar surface area (TPSA) is 30.2 Å². The molecule has 0 fully saturated rings. The maximum absolute atomic E-state index is 12.2. The van der Waals surface area contributed by atoms with Crippen LogP contribution in [0.25, 0.3) is 0 Å². The lowest BCUT2D eigenvalue weighted by molar-refractivity contribution is 0.0905. The average Bonchev–Trinajstić information content (AvgIpc) is 2.29. The molecule has 1 aliphatic carbocycles. The third-order valence-electron chi connectivity index (χ3n) is 2.99. The Morgan fingerprint density at radius 3 is 2.47 bits per heavy atom. The molecule has 6 heteroatoms. The second-order valence-corrected chi connectivity index (χ2v) is 7.73. The van der Waals surface area contributed by atoms with Crippen LogP contribution in [0.2, 0.25) is 14.6 Å². The molecule has 19 heavy (non-hydrogen) atoms. The zero-order chi connectivity index (χ0) is 14.4. The van der Waals surface area contributed by atoms with Crippen molar-refractivity contribution < 1.29 is 9.21 Å². The van der Waals surface area contributed by atoms with Crippen LogP contribution < -0.4 is 0 Å². The molecule has 0 atom stereocenters. The van der Waals surface area contributed by atoms with Crippen LogP contribution in [0.5, 0.6) is 0 Å². The third kappa shape index (κ3) is 3.10. The summed E-state index contributed by atoms with van der Waals surface area (Å²) >= 11 is 19.5. The van der Waals surface area contributed by atoms with Gasteiger partial charge in [-0.1, -0.05) is 37.0 Å². The van der Waals surface area contributed by atoms with Gasteiger partial charge >= 0.3 is 0 Å². The molecule has 0 saturated carbocycles. The summed E-state index contributed by atoms with van der Waals surface area (Å²) in [5.74, 6) is 0.588. The van der Waals surface area contributed by atoms with E-state index in [-0.39, 0.29) is 21.4 Å². The predicted molar refractivity (Wildman–Crippen MR) is 80.4 cm³/mol. The number of hydrogen-bond donors (Lipinski definition) is 0. The van der Waals surface area contributed by atoms with Gasteiger partial charge in [0.05, 0.1) is 4.34 Å². The minimum Gasteiger partial charge on any atom is -0.446 e. The second-order valence-electron chi connectivity index (χ2n) is 5.38. The number of hydrogen-bond acceptors (Lipinski definition) is 3. The van der Waals surface area contributed by atoms with E-state index in [1.54, 1.807) is 6.92 Å². The summed E-state index contributed by atoms with van der Waals surface area (Å²) in [6.07, 6.45) is 1.10. The molecule has 2 rings (SSSR count). The summed E-state index contributed by atoms with van der Waals surface area (Å²) in [6, 6.07) is 0. The first kappa shape index (κ1) is 15.2. The Morgan fingerprint density at radius 1 is 1.21 bits per heavy atom. The molecule has 104 valence electrons. The van der Waals surface area contributed by atoms with E-state index < -0.39 is 0 Å². The molecule has 1 aromatic rings. The number of carbonyl (C=O) groups is 1. The zero-order valence-corrected chi connectivity index (χ0v) is 13.9. The van der Waals surface area contributed by atoms with E-state index >= 15 is 0 Å². The molecule has 0 unspecified atom stereocenters. The van der Waals surface area contributed by atoms with E-state index in [1.807, 2.05) is 13.8 Å². The number of rotatable bonds is 0. The fraction of sp³-hybridized carbons (Fsp3) is 0.462. The first-order chi connectivity index (χ1) is 8.71. The van der Waals surface area contributed by atoms with Gasteiger partial charge in [0.25, 0.3) is 0 Å². The lowest BCUT2D eigenvalue weighted by Gasteiger charge is -2.28. The maximum atomic E-state index is 12.2. The van der Waals surface area contributed by atoms with Gasteiger partial charge in [-0.3, -0.25) is 4.79 Å². The van der Waals surface area contributed by atoms with Gasteiger partial charge < -0.3 is 4.42 Å². The van der Waals surface area contributed by atoms with E-state index in [0.29, 0.717) is 33.4 Å². The molecule has 0 aromatic carbocycles. The minimum atomic E-state index is -0.148. The number of Topliss-reactive ketones (excluding diaryl/α,β-unsaturated/α-hetero) is 1. The van der Waals surface area contributed by atoms with E-state index in [4.69, 9.17) is 39.2 Å². The molecule has 1 aromatic heterocycles. The SMILES string of the molecule is Cc1c(Cl)sc2c(oc(Cl)c1Cl)CC(C)(C)CC2=O. The summed E-state index contributed by atoms with van der Waals surface area (Å²) in [6.45, 7) is 5.78. The van der Waals surface area contributed by atoms with Crippen molar-refractivity contribution in [1.29, 1.82) is 0 Å². The van der Waals surface area contributed by atoms with E-state index in [0.717, 1.165) is 0 Å². The minimum absolute atomic E-state index is 0.0321. The van der Waals surface area contributed by atoms with Crippen LogP contribution in [0.1, 0.15) is 41.3 Å². The van der Waals surface area contributed by atoms with Crippen LogP contribution in [0.15, 0.2) is 4.42 Å². The van der Waals surface area contributed by atoms with Gasteiger partial charge in [0.2, 0.25) is 5.22 Å². The number of carbonyl (C=O) groups excluding carboxylic acids is 1. The zero-order valence-electron chi connectivity index (χ0n) is 10.8. The van der Waals surface area contributed by atoms with Gasteiger partial charge in [0, 0.05) is 18.4 Å². The largest absolute Gasteiger partial charge is 0.446 e. The first-order valence-electron chi connectivity index (χ1n) is 5.75. The van der Waals surface area contributed by atoms with Crippen LogP contribution >= 0.6 is 46.1 Å². The highest BCUT2D eigenvalue weighted by atomic mass is 35.5. The summed E-state index contributed by atoms with van der Waals surface area (Å²) in [4.78, 5) is 12.8. The molecular formula is C13H13Cl3O2S. The maximum Gasteiger partial charge on any atom is 0.212 e. The monoisotopic (exact) mass is 338 g/mol. The highest BCUT2D eigenvalue weighted by Crippen LogP contribution is 2.40. The van der Waals surface area contributed by atoms with Crippen molar-refractivity contribution in [1.82, 2.24) is 0 Å². The molecule has 0 aliphatic heterocycles.